The number of para-hydroxylation sites is 2. The number of methoxy groups -OCH3 is 2. The van der Waals surface area contributed by atoms with Crippen LogP contribution in [0.15, 0.2) is 77.2 Å². The number of allylic oxidation sites excluding steroid dienone is 1. The number of anilines is 5. The van der Waals surface area contributed by atoms with E-state index in [4.69, 9.17) is 80.1 Å². The Hall–Kier alpha value is -7.66. The Morgan fingerprint density at radius 3 is 2.05 bits per heavy atom. The van der Waals surface area contributed by atoms with E-state index in [2.05, 4.69) is 64.6 Å². The van der Waals surface area contributed by atoms with E-state index in [1.165, 1.54) is 63.7 Å². The number of carboxylic acids is 1. The van der Waals surface area contributed by atoms with E-state index in [0.29, 0.717) is 45.6 Å². The third-order valence-corrected chi connectivity index (χ3v) is 14.4. The van der Waals surface area contributed by atoms with Gasteiger partial charge in [-0.05, 0) is 126 Å². The lowest BCUT2D eigenvalue weighted by Crippen LogP contribution is -2.47. The number of alkyl halides is 2. The van der Waals surface area contributed by atoms with Crippen LogP contribution in [0.5, 0.6) is 23.3 Å². The molecular weight excluding hydrogens is 1410 g/mol. The van der Waals surface area contributed by atoms with Crippen LogP contribution in [-0.2, 0) is 44.6 Å². The number of hydrogen-bond acceptors (Lipinski definition) is 24. The summed E-state index contributed by atoms with van der Waals surface area (Å²) in [5.41, 5.74) is 0.843. The van der Waals surface area contributed by atoms with Crippen molar-refractivity contribution in [1.82, 2.24) is 44.8 Å². The van der Waals surface area contributed by atoms with Crippen molar-refractivity contribution in [2.75, 3.05) is 98.8 Å². The largest absolute Gasteiger partial charge is 0.778 e. The zero-order valence-corrected chi connectivity index (χ0v) is 60.0. The monoisotopic (exact) mass is 1480 g/mol. The summed E-state index contributed by atoms with van der Waals surface area (Å²) < 4.78 is 77.2. The number of sulfonamides is 1. The van der Waals surface area contributed by atoms with E-state index in [9.17, 15) is 51.0 Å². The van der Waals surface area contributed by atoms with E-state index >= 15 is 0 Å². The molecule has 2 aliphatic heterocycles. The predicted octanol–water partition coefficient (Wildman–Crippen LogP) is 7.72. The molecule has 2 aromatic carbocycles. The first-order valence-electron chi connectivity index (χ1n) is 28.5. The Morgan fingerprint density at radius 2 is 1.52 bits per heavy atom. The van der Waals surface area contributed by atoms with Crippen molar-refractivity contribution in [3.8, 4) is 23.3 Å². The number of aromatic nitrogens is 6. The average Bonchev–Trinajstić information content (AvgIpc) is 1.50. The molecular formula is C57H76Cl4FN14O17PS2. The normalized spacial score (nSPS) is 14.5. The molecule has 0 bridgehead atoms. The number of carbonyl (C=O) groups is 6. The number of nitrogens with zero attached hydrogens (tertiary/aromatic N) is 9. The van der Waals surface area contributed by atoms with Crippen molar-refractivity contribution in [3.63, 3.8) is 0 Å². The Bertz CT molecular complexity index is 3660. The number of amides is 6. The van der Waals surface area contributed by atoms with Crippen LogP contribution in [0.1, 0.15) is 77.6 Å². The predicted molar refractivity (Wildman–Crippen MR) is 361 cm³/mol. The third kappa shape index (κ3) is 27.5. The minimum absolute atomic E-state index is 0.00962. The van der Waals surface area contributed by atoms with Gasteiger partial charge in [0.05, 0.1) is 86.0 Å². The van der Waals surface area contributed by atoms with Gasteiger partial charge in [-0.1, -0.05) is 46.9 Å². The Labute approximate surface area is 577 Å². The number of fused-ring (bicyclic) bond motifs is 1. The summed E-state index contributed by atoms with van der Waals surface area (Å²) in [5.74, 6) is -1.80. The van der Waals surface area contributed by atoms with Gasteiger partial charge in [0.15, 0.2) is 15.6 Å². The van der Waals surface area contributed by atoms with Gasteiger partial charge in [-0.15, -0.1) is 0 Å². The van der Waals surface area contributed by atoms with Crippen LogP contribution in [0.2, 0.25) is 10.3 Å². The summed E-state index contributed by atoms with van der Waals surface area (Å²) >= 11 is 23.0. The maximum absolute atomic E-state index is 14.3. The number of nitrogens with one attached hydrogen (secondary N) is 5. The highest BCUT2D eigenvalue weighted by molar-refractivity contribution is 7.94. The molecule has 0 radical (unpaired) electrons. The second-order valence-electron chi connectivity index (χ2n) is 21.0. The van der Waals surface area contributed by atoms with Gasteiger partial charge >= 0.3 is 24.0 Å². The minimum Gasteiger partial charge on any atom is -0.778 e. The quantitative estimate of drug-likeness (QED) is 0.0191. The molecule has 1 aliphatic carbocycles. The number of carbonyl (C=O) groups excluding carboxylic acids is 5. The molecule has 2 fully saturated rings. The van der Waals surface area contributed by atoms with Crippen LogP contribution in [-0.4, -0.2) is 185 Å². The number of aliphatic carboxylic acids is 1. The number of hydrogen-bond donors (Lipinski definition) is 7. The number of benzene rings is 2. The zero-order chi connectivity index (χ0) is 72.4. The standard InChI is InChI=1S/C17H17ClFNO4.C15H18N6O6S.C11H11Cl2NO2.C8H14ClN5.C3H8NO5P.C3H9S/c1-9(2)15-16(21)20(17(22)24-15)13-8-14(11(18)7-12(13)19)23-10-5-3-4-6-10;1-21(2)13(22)9-6-5-7-16-12(9)28(24,25)20-15(23)19-14-17-10(26-3)8-11(18-14)27-4;1-7-6-16-9-5-3-2-4-8(9)14(7)11(15)10(12)13;1-4-10-7-12-6(9)13-8(14-7)11-5(2)3;5-3(6)1-4-2-10(7,8)9;1-4(2)3/h7-8,10H,3-6H2,1-2H3;5-8H,1-4H3,(H2,17,18,19,20,23);2-5,7,10H,6H2,1H3;5H,4H2,1-3H3,(H2,10,11,12,13,14);4H,1-2H2,(H,5,6)(H2,7,8,9);1-3H3/q;;;;;+1/p-1. The van der Waals surface area contributed by atoms with Crippen LogP contribution in [0.25, 0.3) is 0 Å². The van der Waals surface area contributed by atoms with Gasteiger partial charge in [0.1, 0.15) is 31.5 Å². The van der Waals surface area contributed by atoms with E-state index in [1.54, 1.807) is 23.5 Å². The second kappa shape index (κ2) is 39.5. The molecule has 96 heavy (non-hydrogen) atoms. The first-order chi connectivity index (χ1) is 44.9. The average molecular weight is 1490 g/mol. The molecule has 7 N–H and O–H groups in total. The summed E-state index contributed by atoms with van der Waals surface area (Å²) in [5, 5.41) is 17.9. The molecule has 6 amide bonds. The number of pyridine rings is 1. The van der Waals surface area contributed by atoms with E-state index in [0.717, 1.165) is 44.0 Å². The topological polar surface area (TPSA) is 411 Å². The zero-order valence-electron chi connectivity index (χ0n) is 54.4. The molecule has 1 saturated carbocycles. The van der Waals surface area contributed by atoms with Crippen molar-refractivity contribution in [3.05, 3.63) is 93.8 Å². The highest BCUT2D eigenvalue weighted by atomic mass is 35.5. The molecule has 1 saturated heterocycles. The Kier molecular flexibility index (Phi) is 34.0. The number of rotatable bonds is 18. The van der Waals surface area contributed by atoms with Gasteiger partial charge in [-0.2, -0.15) is 33.3 Å². The van der Waals surface area contributed by atoms with Gasteiger partial charge in [0, 0.05) is 38.9 Å². The van der Waals surface area contributed by atoms with Crippen molar-refractivity contribution < 1.29 is 84.7 Å². The van der Waals surface area contributed by atoms with E-state index in [1.807, 2.05) is 57.3 Å². The summed E-state index contributed by atoms with van der Waals surface area (Å²) in [4.78, 5) is 114. The van der Waals surface area contributed by atoms with Gasteiger partial charge in [-0.25, -0.2) is 28.6 Å². The first kappa shape index (κ1) is 82.6. The molecule has 31 nitrogen and oxygen atoms in total. The van der Waals surface area contributed by atoms with Crippen LogP contribution < -0.4 is 59.6 Å². The Morgan fingerprint density at radius 1 is 0.917 bits per heavy atom. The molecule has 5 aromatic rings. The number of urea groups is 1. The van der Waals surface area contributed by atoms with Gasteiger partial charge in [-0.3, -0.25) is 29.8 Å². The summed E-state index contributed by atoms with van der Waals surface area (Å²) in [6.45, 7) is 11.9. The fourth-order valence-corrected chi connectivity index (χ4v) is 9.78. The number of cyclic esters (lactones) is 1. The van der Waals surface area contributed by atoms with Crippen molar-refractivity contribution in [2.45, 2.75) is 95.3 Å². The molecule has 2 unspecified atom stereocenters. The second-order valence-corrected chi connectivity index (χ2v) is 28.5. The summed E-state index contributed by atoms with van der Waals surface area (Å²) in [7, 11) is -2.56. The fraction of sp³-hybridized carbons (Fsp3) is 0.439. The molecule has 0 spiro atoms. The van der Waals surface area contributed by atoms with Gasteiger partial charge in [0.2, 0.25) is 34.9 Å². The molecule has 528 valence electrons. The fourth-order valence-electron chi connectivity index (χ4n) is 7.78. The van der Waals surface area contributed by atoms with Crippen molar-refractivity contribution in [2.24, 2.45) is 0 Å². The van der Waals surface area contributed by atoms with Crippen molar-refractivity contribution in [1.29, 1.82) is 0 Å². The highest BCUT2D eigenvalue weighted by Gasteiger charge is 2.41. The summed E-state index contributed by atoms with van der Waals surface area (Å²) in [6.07, 6.45) is 10.1. The van der Waals surface area contributed by atoms with Crippen LogP contribution in [0.3, 0.4) is 0 Å². The number of halogens is 5. The Balaban J connectivity index is 0.000000320. The number of imide groups is 1. The SMILES string of the molecule is CC(C)=C1OC(=O)N(c2cc(OC3CCCC3)c(Cl)cc2F)C1=O.CC1COc2ccccc2N1C(=O)C(Cl)Cl.CCNc1nc(Cl)nc(NC(C)C)n1.COc1cc(OC)nc(NC(=O)NS(=O)(=O)c2ncccc2C(=O)N(C)C)n1.C[S+](C)C.O=C(O)CNCP(=O)([O-])O. The van der Waals surface area contributed by atoms with Crippen LogP contribution >= 0.6 is 54.0 Å². The number of ether oxygens (including phenoxy) is 5. The maximum Gasteiger partial charge on any atom is 0.427 e. The molecule has 3 aromatic heterocycles. The van der Waals surface area contributed by atoms with Crippen LogP contribution in [0, 0.1) is 5.82 Å². The van der Waals surface area contributed by atoms with Gasteiger partial charge in [0.25, 0.3) is 21.8 Å². The van der Waals surface area contributed by atoms with E-state index in [-0.39, 0.29) is 74.9 Å². The van der Waals surface area contributed by atoms with Gasteiger partial charge < -0.3 is 63.6 Å². The molecule has 2 atom stereocenters. The molecule has 39 heteroatoms. The molecule has 3 aliphatic rings. The first-order valence-corrected chi connectivity index (χ1v) is 35.8. The van der Waals surface area contributed by atoms with Crippen LogP contribution in [0.4, 0.5) is 43.2 Å². The highest BCUT2D eigenvalue weighted by Crippen LogP contribution is 2.38. The number of carboxylic acid groups (broad SMARTS) is 1. The smallest absolute Gasteiger partial charge is 0.427 e. The summed E-state index contributed by atoms with van der Waals surface area (Å²) in [6, 6.07) is 12.8. The molecule has 5 heterocycles. The van der Waals surface area contributed by atoms with Crippen molar-refractivity contribution >= 4 is 140 Å². The lowest BCUT2D eigenvalue weighted by atomic mass is 10.1. The maximum atomic E-state index is 14.3. The minimum atomic E-state index is -4.46. The van der Waals surface area contributed by atoms with E-state index < -0.39 is 76.0 Å². The molecule has 8 rings (SSSR count). The third-order valence-electron chi connectivity index (χ3n) is 11.7. The lowest BCUT2D eigenvalue weighted by Gasteiger charge is -2.35. The lowest BCUT2D eigenvalue weighted by molar-refractivity contribution is -0.193.